The third-order valence-corrected chi connectivity index (χ3v) is 2.61. The number of anilines is 1. The van der Waals surface area contributed by atoms with E-state index in [0.717, 1.165) is 0 Å². The van der Waals surface area contributed by atoms with Crippen molar-refractivity contribution in [3.8, 4) is 5.88 Å². The van der Waals surface area contributed by atoms with Crippen molar-refractivity contribution in [2.24, 2.45) is 0 Å². The van der Waals surface area contributed by atoms with E-state index < -0.39 is 0 Å². The molecule has 0 saturated heterocycles. The summed E-state index contributed by atoms with van der Waals surface area (Å²) >= 11 is 0. The van der Waals surface area contributed by atoms with Crippen molar-refractivity contribution >= 4 is 11.7 Å². The summed E-state index contributed by atoms with van der Waals surface area (Å²) in [6.07, 6.45) is 5.15. The van der Waals surface area contributed by atoms with Crippen LogP contribution in [0, 0.1) is 0 Å². The molecule has 2 N–H and O–H groups in total. The normalized spacial score (nSPS) is 11.7. The van der Waals surface area contributed by atoms with Crippen LogP contribution in [0.25, 0.3) is 0 Å². The zero-order valence-electron chi connectivity index (χ0n) is 11.4. The van der Waals surface area contributed by atoms with Gasteiger partial charge < -0.3 is 15.4 Å². The van der Waals surface area contributed by atoms with Gasteiger partial charge in [0.2, 0.25) is 5.88 Å². The van der Waals surface area contributed by atoms with Crippen LogP contribution in [0.3, 0.4) is 0 Å². The lowest BCUT2D eigenvalue weighted by Crippen LogP contribution is -2.38. The third kappa shape index (κ3) is 3.71. The minimum absolute atomic E-state index is 0.0578. The predicted molar refractivity (Wildman–Crippen MR) is 74.6 cm³/mol. The number of carbonyl (C=O) groups is 1. The summed E-state index contributed by atoms with van der Waals surface area (Å²) in [5, 5.41) is 9.62. The molecule has 0 aliphatic rings. The molecular weight excluding hydrogens is 258 g/mol. The van der Waals surface area contributed by atoms with E-state index >= 15 is 0 Å². The molecule has 2 aromatic heterocycles. The Hall–Kier alpha value is -2.57. The Morgan fingerprint density at radius 2 is 2.30 bits per heavy atom. The predicted octanol–water partition coefficient (Wildman–Crippen LogP) is 1.50. The summed E-state index contributed by atoms with van der Waals surface area (Å²) in [7, 11) is 1.51. The largest absolute Gasteiger partial charge is 0.480 e. The summed E-state index contributed by atoms with van der Waals surface area (Å²) in [6.45, 7) is 2.51. The number of rotatable bonds is 5. The van der Waals surface area contributed by atoms with Crippen LogP contribution >= 0.6 is 0 Å². The van der Waals surface area contributed by atoms with E-state index in [1.807, 2.05) is 19.2 Å². The molecule has 0 spiro atoms. The average molecular weight is 275 g/mol. The standard InChI is InChI=1S/C13H17N5O2/c1-10(9-18-8-4-7-15-18)16-13(19)17-11-5-3-6-14-12(11)20-2/h3-8,10H,9H2,1-2H3,(H2,16,17,19). The summed E-state index contributed by atoms with van der Waals surface area (Å²) in [5.41, 5.74) is 0.527. The fourth-order valence-electron chi connectivity index (χ4n) is 1.77. The van der Waals surface area contributed by atoms with Crippen molar-refractivity contribution in [2.75, 3.05) is 12.4 Å². The van der Waals surface area contributed by atoms with Crippen molar-refractivity contribution in [3.05, 3.63) is 36.8 Å². The van der Waals surface area contributed by atoms with Gasteiger partial charge in [0.05, 0.1) is 13.7 Å². The Kier molecular flexibility index (Phi) is 4.54. The maximum atomic E-state index is 11.9. The third-order valence-electron chi connectivity index (χ3n) is 2.61. The topological polar surface area (TPSA) is 81.1 Å². The number of nitrogens with one attached hydrogen (secondary N) is 2. The molecule has 0 bridgehead atoms. The van der Waals surface area contributed by atoms with Gasteiger partial charge in [0.15, 0.2) is 0 Å². The van der Waals surface area contributed by atoms with E-state index in [1.54, 1.807) is 29.2 Å². The van der Waals surface area contributed by atoms with Gasteiger partial charge in [-0.25, -0.2) is 9.78 Å². The molecule has 2 aromatic rings. The van der Waals surface area contributed by atoms with Crippen LogP contribution < -0.4 is 15.4 Å². The molecule has 0 aromatic carbocycles. The van der Waals surface area contributed by atoms with E-state index in [-0.39, 0.29) is 12.1 Å². The Morgan fingerprint density at radius 1 is 1.45 bits per heavy atom. The zero-order chi connectivity index (χ0) is 14.4. The molecule has 2 heterocycles. The quantitative estimate of drug-likeness (QED) is 0.866. The molecule has 7 heteroatoms. The fraction of sp³-hybridized carbons (Fsp3) is 0.308. The molecule has 1 atom stereocenters. The van der Waals surface area contributed by atoms with Crippen molar-refractivity contribution in [1.29, 1.82) is 0 Å². The lowest BCUT2D eigenvalue weighted by Gasteiger charge is -2.15. The van der Waals surface area contributed by atoms with Crippen LogP contribution in [0.2, 0.25) is 0 Å². The summed E-state index contributed by atoms with van der Waals surface area (Å²) in [5.74, 6) is 0.377. The van der Waals surface area contributed by atoms with E-state index in [0.29, 0.717) is 18.1 Å². The van der Waals surface area contributed by atoms with E-state index in [2.05, 4.69) is 20.7 Å². The lowest BCUT2D eigenvalue weighted by atomic mass is 10.3. The first-order chi connectivity index (χ1) is 9.69. The second-order valence-electron chi connectivity index (χ2n) is 4.29. The number of urea groups is 1. The molecule has 2 amide bonds. The van der Waals surface area contributed by atoms with Gasteiger partial charge in [-0.3, -0.25) is 4.68 Å². The van der Waals surface area contributed by atoms with E-state index in [1.165, 1.54) is 7.11 Å². The van der Waals surface area contributed by atoms with Crippen LogP contribution in [-0.4, -0.2) is 33.9 Å². The zero-order valence-corrected chi connectivity index (χ0v) is 11.4. The minimum Gasteiger partial charge on any atom is -0.480 e. The molecule has 0 aliphatic carbocycles. The number of aromatic nitrogens is 3. The van der Waals surface area contributed by atoms with Gasteiger partial charge >= 0.3 is 6.03 Å². The van der Waals surface area contributed by atoms with Gasteiger partial charge in [-0.2, -0.15) is 5.10 Å². The Labute approximate surface area is 117 Å². The Morgan fingerprint density at radius 3 is 3.00 bits per heavy atom. The number of nitrogens with zero attached hydrogens (tertiary/aromatic N) is 3. The second-order valence-corrected chi connectivity index (χ2v) is 4.29. The van der Waals surface area contributed by atoms with E-state index in [9.17, 15) is 4.79 Å². The highest BCUT2D eigenvalue weighted by Gasteiger charge is 2.11. The Balaban J connectivity index is 1.88. The van der Waals surface area contributed by atoms with Gasteiger partial charge in [0.25, 0.3) is 0 Å². The molecule has 0 aliphatic heterocycles. The van der Waals surface area contributed by atoms with Gasteiger partial charge in [-0.05, 0) is 25.1 Å². The van der Waals surface area contributed by atoms with Crippen LogP contribution in [0.1, 0.15) is 6.92 Å². The summed E-state index contributed by atoms with van der Waals surface area (Å²) < 4.78 is 6.83. The number of hydrogen-bond acceptors (Lipinski definition) is 4. The number of pyridine rings is 1. The maximum absolute atomic E-state index is 11.9. The average Bonchev–Trinajstić information content (AvgIpc) is 2.91. The molecule has 0 fully saturated rings. The summed E-state index contributed by atoms with van der Waals surface area (Å²) in [4.78, 5) is 15.9. The molecule has 20 heavy (non-hydrogen) atoms. The highest BCUT2D eigenvalue weighted by Crippen LogP contribution is 2.19. The highest BCUT2D eigenvalue weighted by atomic mass is 16.5. The van der Waals surface area contributed by atoms with Crippen molar-refractivity contribution < 1.29 is 9.53 Å². The molecular formula is C13H17N5O2. The number of methoxy groups -OCH3 is 1. The van der Waals surface area contributed by atoms with Crippen molar-refractivity contribution in [1.82, 2.24) is 20.1 Å². The van der Waals surface area contributed by atoms with Crippen molar-refractivity contribution in [3.63, 3.8) is 0 Å². The Bertz CT molecular complexity index is 556. The SMILES string of the molecule is COc1ncccc1NC(=O)NC(C)Cn1cccn1. The maximum Gasteiger partial charge on any atom is 0.319 e. The second kappa shape index (κ2) is 6.55. The first kappa shape index (κ1) is 13.9. The molecule has 106 valence electrons. The van der Waals surface area contributed by atoms with Gasteiger partial charge in [-0.1, -0.05) is 0 Å². The molecule has 0 radical (unpaired) electrons. The van der Waals surface area contributed by atoms with Crippen LogP contribution in [0.15, 0.2) is 36.8 Å². The van der Waals surface area contributed by atoms with E-state index in [4.69, 9.17) is 4.74 Å². The monoisotopic (exact) mass is 275 g/mol. The number of hydrogen-bond donors (Lipinski definition) is 2. The highest BCUT2D eigenvalue weighted by molar-refractivity contribution is 5.90. The first-order valence-corrected chi connectivity index (χ1v) is 6.23. The number of ether oxygens (including phenoxy) is 1. The molecule has 7 nitrogen and oxygen atoms in total. The van der Waals surface area contributed by atoms with Crippen molar-refractivity contribution in [2.45, 2.75) is 19.5 Å². The van der Waals surface area contributed by atoms with Gasteiger partial charge in [0.1, 0.15) is 5.69 Å². The minimum atomic E-state index is -0.309. The number of amides is 2. The molecule has 1 unspecified atom stereocenters. The van der Waals surface area contributed by atoms with Crippen LogP contribution in [0.5, 0.6) is 5.88 Å². The lowest BCUT2D eigenvalue weighted by molar-refractivity contribution is 0.247. The molecule has 0 saturated carbocycles. The first-order valence-electron chi connectivity index (χ1n) is 6.23. The number of carbonyl (C=O) groups excluding carboxylic acids is 1. The van der Waals surface area contributed by atoms with Gasteiger partial charge in [0, 0.05) is 24.6 Å². The van der Waals surface area contributed by atoms with Gasteiger partial charge in [-0.15, -0.1) is 0 Å². The fourth-order valence-corrected chi connectivity index (χ4v) is 1.77. The van der Waals surface area contributed by atoms with Crippen LogP contribution in [0.4, 0.5) is 10.5 Å². The summed E-state index contributed by atoms with van der Waals surface area (Å²) in [6, 6.07) is 4.93. The molecule has 2 rings (SSSR count). The smallest absolute Gasteiger partial charge is 0.319 e. The van der Waals surface area contributed by atoms with Crippen LogP contribution in [-0.2, 0) is 6.54 Å².